The maximum absolute atomic E-state index is 11.8. The van der Waals surface area contributed by atoms with Crippen molar-refractivity contribution in [1.29, 1.82) is 0 Å². The lowest BCUT2D eigenvalue weighted by Gasteiger charge is -2.04. The molecule has 0 unspecified atom stereocenters. The molecule has 1 aromatic carbocycles. The Morgan fingerprint density at radius 3 is 2.57 bits per heavy atom. The molecule has 2 rings (SSSR count). The number of carbonyl (C=O) groups excluding carboxylic acids is 1. The SMILES string of the molecule is CCSc1nnc(SCCC(=O)Nc2ccc(Br)cc2)s1. The van der Waals surface area contributed by atoms with Gasteiger partial charge >= 0.3 is 0 Å². The highest BCUT2D eigenvalue weighted by Crippen LogP contribution is 2.28. The number of nitrogens with one attached hydrogen (secondary N) is 1. The number of hydrogen-bond acceptors (Lipinski definition) is 6. The van der Waals surface area contributed by atoms with E-state index in [9.17, 15) is 4.79 Å². The van der Waals surface area contributed by atoms with Gasteiger partial charge in [0.15, 0.2) is 8.68 Å². The molecule has 1 aromatic heterocycles. The first-order valence-corrected chi connectivity index (χ1v) is 9.90. The monoisotopic (exact) mass is 403 g/mol. The Morgan fingerprint density at radius 2 is 1.90 bits per heavy atom. The van der Waals surface area contributed by atoms with Gasteiger partial charge in [-0.2, -0.15) is 0 Å². The van der Waals surface area contributed by atoms with E-state index in [-0.39, 0.29) is 5.91 Å². The molecular formula is C13H14BrN3OS3. The van der Waals surface area contributed by atoms with Crippen molar-refractivity contribution >= 4 is 62.4 Å². The van der Waals surface area contributed by atoms with Crippen molar-refractivity contribution in [2.75, 3.05) is 16.8 Å². The van der Waals surface area contributed by atoms with Crippen LogP contribution in [0.4, 0.5) is 5.69 Å². The number of rotatable bonds is 7. The maximum atomic E-state index is 11.8. The number of hydrogen-bond donors (Lipinski definition) is 1. The number of amides is 1. The van der Waals surface area contributed by atoms with E-state index in [0.717, 1.165) is 24.6 Å². The zero-order valence-electron chi connectivity index (χ0n) is 11.3. The molecule has 112 valence electrons. The molecule has 0 aliphatic carbocycles. The van der Waals surface area contributed by atoms with E-state index in [0.29, 0.717) is 12.2 Å². The summed E-state index contributed by atoms with van der Waals surface area (Å²) < 4.78 is 2.90. The van der Waals surface area contributed by atoms with E-state index in [1.54, 1.807) is 34.9 Å². The highest BCUT2D eigenvalue weighted by molar-refractivity contribution is 9.10. The van der Waals surface area contributed by atoms with Crippen LogP contribution < -0.4 is 5.32 Å². The first-order valence-electron chi connectivity index (χ1n) is 6.32. The molecule has 0 aliphatic heterocycles. The second-order valence-corrected chi connectivity index (χ2v) is 8.67. The number of nitrogens with zero attached hydrogens (tertiary/aromatic N) is 2. The van der Waals surface area contributed by atoms with Gasteiger partial charge in [0.1, 0.15) is 0 Å². The molecule has 0 saturated carbocycles. The van der Waals surface area contributed by atoms with Gasteiger partial charge in [0.05, 0.1) is 0 Å². The van der Waals surface area contributed by atoms with Crippen LogP contribution in [0.2, 0.25) is 0 Å². The van der Waals surface area contributed by atoms with Crippen LogP contribution in [0.3, 0.4) is 0 Å². The summed E-state index contributed by atoms with van der Waals surface area (Å²) >= 11 is 8.20. The predicted molar refractivity (Wildman–Crippen MR) is 94.4 cm³/mol. The summed E-state index contributed by atoms with van der Waals surface area (Å²) in [6.45, 7) is 2.09. The van der Waals surface area contributed by atoms with Gasteiger partial charge in [-0.15, -0.1) is 10.2 Å². The Hall–Kier alpha value is -0.570. The lowest BCUT2D eigenvalue weighted by molar-refractivity contribution is -0.115. The Balaban J connectivity index is 1.72. The minimum Gasteiger partial charge on any atom is -0.326 e. The van der Waals surface area contributed by atoms with Gasteiger partial charge in [0.25, 0.3) is 0 Å². The van der Waals surface area contributed by atoms with E-state index < -0.39 is 0 Å². The fraction of sp³-hybridized carbons (Fsp3) is 0.308. The molecule has 4 nitrogen and oxygen atoms in total. The van der Waals surface area contributed by atoms with Crippen LogP contribution in [0.15, 0.2) is 37.4 Å². The van der Waals surface area contributed by atoms with Crippen LogP contribution in [-0.2, 0) is 4.79 Å². The molecule has 0 spiro atoms. The average Bonchev–Trinajstić information content (AvgIpc) is 2.89. The quantitative estimate of drug-likeness (QED) is 0.687. The van der Waals surface area contributed by atoms with Crippen molar-refractivity contribution in [3.05, 3.63) is 28.7 Å². The molecule has 0 aliphatic rings. The summed E-state index contributed by atoms with van der Waals surface area (Å²) in [4.78, 5) is 11.8. The summed E-state index contributed by atoms with van der Waals surface area (Å²) in [5, 5.41) is 11.1. The van der Waals surface area contributed by atoms with Crippen LogP contribution >= 0.6 is 50.8 Å². The van der Waals surface area contributed by atoms with Crippen molar-refractivity contribution in [3.8, 4) is 0 Å². The fourth-order valence-corrected chi connectivity index (χ4v) is 4.62. The molecule has 0 saturated heterocycles. The summed E-state index contributed by atoms with van der Waals surface area (Å²) in [5.74, 6) is 1.71. The molecule has 0 radical (unpaired) electrons. The summed E-state index contributed by atoms with van der Waals surface area (Å²) in [6, 6.07) is 7.54. The van der Waals surface area contributed by atoms with Gasteiger partial charge < -0.3 is 5.32 Å². The Bertz CT molecular complexity index is 589. The standard InChI is InChI=1S/C13H14BrN3OS3/c1-2-19-12-16-17-13(21-12)20-8-7-11(18)15-10-5-3-9(14)4-6-10/h3-6H,2,7-8H2,1H3,(H,15,18). The van der Waals surface area contributed by atoms with Crippen molar-refractivity contribution in [2.24, 2.45) is 0 Å². The van der Waals surface area contributed by atoms with Crippen molar-refractivity contribution in [3.63, 3.8) is 0 Å². The molecule has 0 atom stereocenters. The zero-order valence-corrected chi connectivity index (χ0v) is 15.4. The number of carbonyl (C=O) groups is 1. The van der Waals surface area contributed by atoms with Crippen molar-refractivity contribution < 1.29 is 4.79 Å². The van der Waals surface area contributed by atoms with Gasteiger partial charge in [-0.25, -0.2) is 0 Å². The van der Waals surface area contributed by atoms with Crippen LogP contribution in [0.5, 0.6) is 0 Å². The Kier molecular flexibility index (Phi) is 7.01. The number of anilines is 1. The van der Waals surface area contributed by atoms with Crippen molar-refractivity contribution in [2.45, 2.75) is 22.0 Å². The molecule has 2 aromatic rings. The Labute approximate surface area is 144 Å². The van der Waals surface area contributed by atoms with E-state index in [4.69, 9.17) is 0 Å². The third-order valence-electron chi connectivity index (χ3n) is 2.34. The van der Waals surface area contributed by atoms with Crippen LogP contribution in [0.25, 0.3) is 0 Å². The highest BCUT2D eigenvalue weighted by Gasteiger charge is 2.07. The smallest absolute Gasteiger partial charge is 0.225 e. The van der Waals surface area contributed by atoms with E-state index >= 15 is 0 Å². The fourth-order valence-electron chi connectivity index (χ4n) is 1.43. The number of halogens is 1. The zero-order chi connectivity index (χ0) is 15.1. The predicted octanol–water partition coefficient (Wildman–Crippen LogP) is 4.53. The van der Waals surface area contributed by atoms with Gasteiger partial charge in [0.2, 0.25) is 5.91 Å². The van der Waals surface area contributed by atoms with Crippen molar-refractivity contribution in [1.82, 2.24) is 10.2 Å². The molecule has 21 heavy (non-hydrogen) atoms. The third kappa shape index (κ3) is 5.98. The summed E-state index contributed by atoms with van der Waals surface area (Å²) in [6.07, 6.45) is 0.455. The lowest BCUT2D eigenvalue weighted by Crippen LogP contribution is -2.11. The second-order valence-electron chi connectivity index (χ2n) is 3.92. The normalized spacial score (nSPS) is 10.6. The molecule has 1 heterocycles. The highest BCUT2D eigenvalue weighted by atomic mass is 79.9. The molecular weight excluding hydrogens is 390 g/mol. The first kappa shape index (κ1) is 16.8. The lowest BCUT2D eigenvalue weighted by atomic mass is 10.3. The molecule has 0 fully saturated rings. The van der Waals surface area contributed by atoms with Crippen LogP contribution in [0, 0.1) is 0 Å². The minimum absolute atomic E-state index is 0.0116. The van der Waals surface area contributed by atoms with Gasteiger partial charge in [-0.1, -0.05) is 57.7 Å². The molecule has 1 amide bonds. The largest absolute Gasteiger partial charge is 0.326 e. The van der Waals surface area contributed by atoms with Crippen LogP contribution in [-0.4, -0.2) is 27.6 Å². The third-order valence-corrected chi connectivity index (χ3v) is 5.94. The summed E-state index contributed by atoms with van der Waals surface area (Å²) in [5.41, 5.74) is 0.811. The maximum Gasteiger partial charge on any atom is 0.225 e. The first-order chi connectivity index (χ1) is 10.2. The van der Waals surface area contributed by atoms with Gasteiger partial charge in [-0.05, 0) is 30.0 Å². The van der Waals surface area contributed by atoms with E-state index in [1.165, 1.54) is 0 Å². The minimum atomic E-state index is 0.0116. The summed E-state index contributed by atoms with van der Waals surface area (Å²) in [7, 11) is 0. The molecule has 0 bridgehead atoms. The van der Waals surface area contributed by atoms with Gasteiger partial charge in [0, 0.05) is 22.3 Å². The van der Waals surface area contributed by atoms with E-state index in [1.807, 2.05) is 24.3 Å². The molecule has 1 N–H and O–H groups in total. The molecule has 8 heteroatoms. The topological polar surface area (TPSA) is 54.9 Å². The number of thioether (sulfide) groups is 2. The Morgan fingerprint density at radius 1 is 1.24 bits per heavy atom. The number of aromatic nitrogens is 2. The number of benzene rings is 1. The average molecular weight is 404 g/mol. The van der Waals surface area contributed by atoms with E-state index in [2.05, 4.69) is 38.4 Å². The van der Waals surface area contributed by atoms with Crippen LogP contribution in [0.1, 0.15) is 13.3 Å². The van der Waals surface area contributed by atoms with Gasteiger partial charge in [-0.3, -0.25) is 4.79 Å². The second kappa shape index (κ2) is 8.77.